The maximum absolute atomic E-state index is 12.6. The number of benzene rings is 2. The van der Waals surface area contributed by atoms with Gasteiger partial charge in [0.2, 0.25) is 6.79 Å². The van der Waals surface area contributed by atoms with Crippen molar-refractivity contribution in [2.45, 2.75) is 26.8 Å². The van der Waals surface area contributed by atoms with Gasteiger partial charge in [-0.15, -0.1) is 0 Å². The highest BCUT2D eigenvalue weighted by molar-refractivity contribution is 5.98. The fourth-order valence-corrected chi connectivity index (χ4v) is 2.66. The van der Waals surface area contributed by atoms with Crippen molar-refractivity contribution in [3.63, 3.8) is 0 Å². The Morgan fingerprint density at radius 2 is 1.81 bits per heavy atom. The summed E-state index contributed by atoms with van der Waals surface area (Å²) in [5.41, 5.74) is 1.38. The molecule has 1 aliphatic rings. The third-order valence-electron chi connectivity index (χ3n) is 4.16. The number of carbonyl (C=O) groups is 2. The molecule has 6 heteroatoms. The lowest BCUT2D eigenvalue weighted by molar-refractivity contribution is -0.137. The third kappa shape index (κ3) is 3.79. The Kier molecular flexibility index (Phi) is 5.11. The van der Waals surface area contributed by atoms with Crippen molar-refractivity contribution in [3.8, 4) is 17.2 Å². The van der Waals surface area contributed by atoms with Gasteiger partial charge in [-0.25, -0.2) is 4.79 Å². The van der Waals surface area contributed by atoms with Gasteiger partial charge in [0.25, 0.3) is 5.91 Å². The number of aryl methyl sites for hydroxylation is 1. The molecule has 1 aliphatic heterocycles. The molecule has 0 radical (unpaired) electrons. The molecule has 3 rings (SSSR count). The first-order chi connectivity index (χ1) is 12.5. The zero-order chi connectivity index (χ0) is 18.7. The molecule has 0 saturated heterocycles. The van der Waals surface area contributed by atoms with Crippen molar-refractivity contribution in [2.24, 2.45) is 5.92 Å². The Bertz CT molecular complexity index is 831. The first-order valence-electron chi connectivity index (χ1n) is 8.43. The fourth-order valence-electron chi connectivity index (χ4n) is 2.66. The van der Waals surface area contributed by atoms with Crippen LogP contribution in [0.3, 0.4) is 0 Å². The van der Waals surface area contributed by atoms with Crippen molar-refractivity contribution in [2.75, 3.05) is 6.79 Å². The first-order valence-corrected chi connectivity index (χ1v) is 8.43. The highest BCUT2D eigenvalue weighted by Crippen LogP contribution is 2.35. The SMILES string of the molecule is Cc1ccccc1C(=O)N[C@H](C(=O)Oc1ccc2c(c1)OCO2)C(C)C. The minimum absolute atomic E-state index is 0.135. The maximum Gasteiger partial charge on any atom is 0.334 e. The summed E-state index contributed by atoms with van der Waals surface area (Å²) in [7, 11) is 0. The normalized spacial score (nSPS) is 13.4. The number of nitrogens with one attached hydrogen (secondary N) is 1. The monoisotopic (exact) mass is 355 g/mol. The van der Waals surface area contributed by atoms with E-state index in [0.29, 0.717) is 22.8 Å². The second kappa shape index (κ2) is 7.47. The van der Waals surface area contributed by atoms with Crippen molar-refractivity contribution < 1.29 is 23.8 Å². The van der Waals surface area contributed by atoms with Gasteiger partial charge in [0.1, 0.15) is 11.8 Å². The predicted octanol–water partition coefficient (Wildman–Crippen LogP) is 3.08. The number of fused-ring (bicyclic) bond motifs is 1. The van der Waals surface area contributed by atoms with Crippen LogP contribution < -0.4 is 19.5 Å². The van der Waals surface area contributed by atoms with Gasteiger partial charge in [-0.2, -0.15) is 0 Å². The van der Waals surface area contributed by atoms with Crippen LogP contribution >= 0.6 is 0 Å². The van der Waals surface area contributed by atoms with Crippen LogP contribution in [0.15, 0.2) is 42.5 Å². The van der Waals surface area contributed by atoms with Crippen LogP contribution in [-0.2, 0) is 4.79 Å². The number of hydrogen-bond donors (Lipinski definition) is 1. The van der Waals surface area contributed by atoms with Crippen molar-refractivity contribution in [3.05, 3.63) is 53.6 Å². The molecule has 0 spiro atoms. The topological polar surface area (TPSA) is 73.9 Å². The van der Waals surface area contributed by atoms with Crippen LogP contribution in [0.2, 0.25) is 0 Å². The first kappa shape index (κ1) is 17.8. The Balaban J connectivity index is 1.72. The Hall–Kier alpha value is -3.02. The molecule has 1 N–H and O–H groups in total. The summed E-state index contributed by atoms with van der Waals surface area (Å²) < 4.78 is 16.0. The van der Waals surface area contributed by atoms with Crippen molar-refractivity contribution >= 4 is 11.9 Å². The van der Waals surface area contributed by atoms with Gasteiger partial charge in [-0.3, -0.25) is 4.79 Å². The maximum atomic E-state index is 12.6. The van der Waals surface area contributed by atoms with Gasteiger partial charge in [0.15, 0.2) is 11.5 Å². The molecule has 136 valence electrons. The minimum atomic E-state index is -0.771. The van der Waals surface area contributed by atoms with E-state index in [9.17, 15) is 9.59 Å². The molecule has 2 aromatic rings. The van der Waals surface area contributed by atoms with Crippen LogP contribution in [0.5, 0.6) is 17.2 Å². The van der Waals surface area contributed by atoms with Crippen LogP contribution in [0.4, 0.5) is 0 Å². The molecule has 6 nitrogen and oxygen atoms in total. The second-order valence-electron chi connectivity index (χ2n) is 6.45. The Labute approximate surface area is 152 Å². The number of hydrogen-bond acceptors (Lipinski definition) is 5. The van der Waals surface area contributed by atoms with E-state index in [4.69, 9.17) is 14.2 Å². The van der Waals surface area contributed by atoms with E-state index in [1.807, 2.05) is 32.9 Å². The summed E-state index contributed by atoms with van der Waals surface area (Å²) in [6.45, 7) is 5.70. The predicted molar refractivity (Wildman–Crippen MR) is 95.5 cm³/mol. The molecular formula is C20H21NO5. The molecule has 1 heterocycles. The van der Waals surface area contributed by atoms with Crippen LogP contribution in [-0.4, -0.2) is 24.7 Å². The average Bonchev–Trinajstić information content (AvgIpc) is 3.07. The molecular weight excluding hydrogens is 334 g/mol. The van der Waals surface area contributed by atoms with E-state index >= 15 is 0 Å². The largest absolute Gasteiger partial charge is 0.454 e. The molecule has 0 unspecified atom stereocenters. The summed E-state index contributed by atoms with van der Waals surface area (Å²) in [5.74, 6) is 0.517. The average molecular weight is 355 g/mol. The van der Waals surface area contributed by atoms with Gasteiger partial charge < -0.3 is 19.5 Å². The zero-order valence-corrected chi connectivity index (χ0v) is 14.9. The van der Waals surface area contributed by atoms with E-state index in [1.165, 1.54) is 0 Å². The Morgan fingerprint density at radius 1 is 1.08 bits per heavy atom. The Morgan fingerprint density at radius 3 is 2.54 bits per heavy atom. The second-order valence-corrected chi connectivity index (χ2v) is 6.45. The summed E-state index contributed by atoms with van der Waals surface area (Å²) in [6.07, 6.45) is 0. The van der Waals surface area contributed by atoms with Gasteiger partial charge in [0, 0.05) is 11.6 Å². The highest BCUT2D eigenvalue weighted by atomic mass is 16.7. The quantitative estimate of drug-likeness (QED) is 0.659. The molecule has 0 bridgehead atoms. The molecule has 0 aliphatic carbocycles. The fraction of sp³-hybridized carbons (Fsp3) is 0.300. The summed E-state index contributed by atoms with van der Waals surface area (Å²) >= 11 is 0. The van der Waals surface area contributed by atoms with Crippen LogP contribution in [0.25, 0.3) is 0 Å². The number of amides is 1. The van der Waals surface area contributed by atoms with E-state index in [1.54, 1.807) is 30.3 Å². The lowest BCUT2D eigenvalue weighted by Crippen LogP contribution is -2.46. The number of carbonyl (C=O) groups excluding carboxylic acids is 2. The summed E-state index contributed by atoms with van der Waals surface area (Å²) in [6, 6.07) is 11.4. The van der Waals surface area contributed by atoms with E-state index < -0.39 is 12.0 Å². The molecule has 26 heavy (non-hydrogen) atoms. The standard InChI is InChI=1S/C20H21NO5/c1-12(2)18(21-19(22)15-7-5-4-6-13(15)3)20(23)26-14-8-9-16-17(10-14)25-11-24-16/h4-10,12,18H,11H2,1-3H3,(H,21,22)/t18-/m0/s1. The van der Waals surface area contributed by atoms with E-state index in [0.717, 1.165) is 5.56 Å². The van der Waals surface area contributed by atoms with Crippen LogP contribution in [0, 0.1) is 12.8 Å². The molecule has 0 saturated carbocycles. The molecule has 2 aromatic carbocycles. The van der Waals surface area contributed by atoms with E-state index in [-0.39, 0.29) is 18.6 Å². The minimum Gasteiger partial charge on any atom is -0.454 e. The summed E-state index contributed by atoms with van der Waals surface area (Å²) in [4.78, 5) is 25.1. The molecule has 1 atom stereocenters. The lowest BCUT2D eigenvalue weighted by Gasteiger charge is -2.21. The van der Waals surface area contributed by atoms with Gasteiger partial charge in [-0.05, 0) is 36.6 Å². The third-order valence-corrected chi connectivity index (χ3v) is 4.16. The van der Waals surface area contributed by atoms with Gasteiger partial charge in [-0.1, -0.05) is 32.0 Å². The smallest absolute Gasteiger partial charge is 0.334 e. The number of rotatable bonds is 5. The van der Waals surface area contributed by atoms with E-state index in [2.05, 4.69) is 5.32 Å². The number of esters is 1. The van der Waals surface area contributed by atoms with Gasteiger partial charge in [0.05, 0.1) is 0 Å². The van der Waals surface area contributed by atoms with Gasteiger partial charge >= 0.3 is 5.97 Å². The van der Waals surface area contributed by atoms with Crippen molar-refractivity contribution in [1.82, 2.24) is 5.32 Å². The zero-order valence-electron chi connectivity index (χ0n) is 14.9. The molecule has 0 fully saturated rings. The van der Waals surface area contributed by atoms with Crippen molar-refractivity contribution in [1.29, 1.82) is 0 Å². The lowest BCUT2D eigenvalue weighted by atomic mass is 10.0. The summed E-state index contributed by atoms with van der Waals surface area (Å²) in [5, 5.41) is 2.78. The highest BCUT2D eigenvalue weighted by Gasteiger charge is 2.27. The molecule has 0 aromatic heterocycles. The number of ether oxygens (including phenoxy) is 3. The van der Waals surface area contributed by atoms with Crippen LogP contribution in [0.1, 0.15) is 29.8 Å². The molecule has 1 amide bonds.